The van der Waals surface area contributed by atoms with Crippen molar-refractivity contribution in [2.24, 2.45) is 0 Å². The first kappa shape index (κ1) is 18.5. The maximum Gasteiger partial charge on any atom is 0.331 e. The molecule has 1 saturated carbocycles. The number of nitrogens with zero attached hydrogens (tertiary/aromatic N) is 3. The van der Waals surface area contributed by atoms with Crippen LogP contribution in [0.15, 0.2) is 47.4 Å². The van der Waals surface area contributed by atoms with E-state index >= 15 is 0 Å². The van der Waals surface area contributed by atoms with Gasteiger partial charge in [0.15, 0.2) is 0 Å². The highest BCUT2D eigenvalue weighted by Crippen LogP contribution is 2.39. The Bertz CT molecular complexity index is 1280. The summed E-state index contributed by atoms with van der Waals surface area (Å²) in [6, 6.07) is 13.0. The van der Waals surface area contributed by atoms with E-state index in [1.54, 1.807) is 10.8 Å². The molecule has 31 heavy (non-hydrogen) atoms. The molecule has 1 fully saturated rings. The number of amides is 1. The predicted octanol–water partition coefficient (Wildman–Crippen LogP) is 3.70. The van der Waals surface area contributed by atoms with Crippen molar-refractivity contribution < 1.29 is 9.90 Å². The second-order valence-electron chi connectivity index (χ2n) is 8.93. The van der Waals surface area contributed by atoms with E-state index in [9.17, 15) is 14.7 Å². The number of rotatable bonds is 4. The molecule has 1 amide bonds. The molecule has 2 aliphatic carbocycles. The number of carbonyl (C=O) groups is 1. The smallest absolute Gasteiger partial charge is 0.331 e. The van der Waals surface area contributed by atoms with Crippen molar-refractivity contribution in [2.75, 3.05) is 0 Å². The molecule has 6 heteroatoms. The fourth-order valence-corrected chi connectivity index (χ4v) is 5.27. The van der Waals surface area contributed by atoms with Crippen molar-refractivity contribution in [3.05, 3.63) is 75.3 Å². The summed E-state index contributed by atoms with van der Waals surface area (Å²) in [6.07, 6.45) is 5.56. The SMILES string of the molecule is CCn1c(O)cn(C2CCc3cc(-c4ccc5c(c4)CN(C4CC4)C5=O)ccc32)c1=O. The van der Waals surface area contributed by atoms with Gasteiger partial charge in [0.1, 0.15) is 0 Å². The summed E-state index contributed by atoms with van der Waals surface area (Å²) in [5.41, 5.74) is 6.46. The molecular formula is C25H25N3O3. The van der Waals surface area contributed by atoms with E-state index in [2.05, 4.69) is 24.3 Å². The number of aromatic hydroxyl groups is 1. The van der Waals surface area contributed by atoms with Crippen molar-refractivity contribution >= 4 is 5.91 Å². The lowest BCUT2D eigenvalue weighted by molar-refractivity contribution is 0.0766. The molecule has 158 valence electrons. The van der Waals surface area contributed by atoms with Crippen LogP contribution in [0.1, 0.15) is 59.3 Å². The van der Waals surface area contributed by atoms with E-state index in [0.29, 0.717) is 12.6 Å². The van der Waals surface area contributed by atoms with Gasteiger partial charge in [0.25, 0.3) is 5.91 Å². The third-order valence-electron chi connectivity index (χ3n) is 7.08. The Morgan fingerprint density at radius 2 is 1.74 bits per heavy atom. The van der Waals surface area contributed by atoms with E-state index in [-0.39, 0.29) is 23.5 Å². The second-order valence-corrected chi connectivity index (χ2v) is 8.93. The Kier molecular flexibility index (Phi) is 3.94. The minimum absolute atomic E-state index is 0.0190. The van der Waals surface area contributed by atoms with Crippen molar-refractivity contribution in [2.45, 2.75) is 57.8 Å². The van der Waals surface area contributed by atoms with Gasteiger partial charge in [0.2, 0.25) is 5.88 Å². The summed E-state index contributed by atoms with van der Waals surface area (Å²) in [6.45, 7) is 3.03. The van der Waals surface area contributed by atoms with E-state index < -0.39 is 0 Å². The maximum atomic E-state index is 12.7. The topological polar surface area (TPSA) is 67.5 Å². The molecule has 6 nitrogen and oxygen atoms in total. The van der Waals surface area contributed by atoms with Gasteiger partial charge < -0.3 is 10.0 Å². The normalized spacial score (nSPS) is 19.7. The van der Waals surface area contributed by atoms with Crippen LogP contribution in [0.5, 0.6) is 5.88 Å². The van der Waals surface area contributed by atoms with E-state index in [4.69, 9.17) is 0 Å². The van der Waals surface area contributed by atoms with Crippen LogP contribution < -0.4 is 5.69 Å². The predicted molar refractivity (Wildman–Crippen MR) is 117 cm³/mol. The standard InChI is InChI=1S/C25H25N3O3/c1-2-26-23(29)14-28(25(26)31)22-10-5-17-11-15(3-8-20(17)22)16-4-9-21-18(12-16)13-27(24(21)30)19-6-7-19/h3-4,8-9,11-12,14,19,22,29H,2,5-7,10,13H2,1H3. The largest absolute Gasteiger partial charge is 0.493 e. The molecular weight excluding hydrogens is 390 g/mol. The number of hydrogen-bond acceptors (Lipinski definition) is 3. The molecule has 2 aromatic carbocycles. The molecule has 0 bridgehead atoms. The Labute approximate surface area is 180 Å². The van der Waals surface area contributed by atoms with Crippen molar-refractivity contribution in [3.63, 3.8) is 0 Å². The number of hydrogen-bond donors (Lipinski definition) is 1. The van der Waals surface area contributed by atoms with Crippen LogP contribution in [0.3, 0.4) is 0 Å². The summed E-state index contributed by atoms with van der Waals surface area (Å²) >= 11 is 0. The number of carbonyl (C=O) groups excluding carboxylic acids is 1. The first-order chi connectivity index (χ1) is 15.0. The third kappa shape index (κ3) is 2.77. The van der Waals surface area contributed by atoms with E-state index in [1.807, 2.05) is 24.0 Å². The van der Waals surface area contributed by atoms with Gasteiger partial charge >= 0.3 is 5.69 Å². The highest BCUT2D eigenvalue weighted by atomic mass is 16.3. The molecule has 0 spiro atoms. The summed E-state index contributed by atoms with van der Waals surface area (Å²) in [5.74, 6) is 0.194. The Morgan fingerprint density at radius 3 is 2.45 bits per heavy atom. The quantitative estimate of drug-likeness (QED) is 0.707. The average molecular weight is 415 g/mol. The van der Waals surface area contributed by atoms with Crippen molar-refractivity contribution in [1.82, 2.24) is 14.0 Å². The molecule has 0 radical (unpaired) electrons. The number of fused-ring (bicyclic) bond motifs is 2. The summed E-state index contributed by atoms with van der Waals surface area (Å²) in [5, 5.41) is 10.1. The van der Waals surface area contributed by atoms with Crippen LogP contribution in [-0.4, -0.2) is 31.1 Å². The van der Waals surface area contributed by atoms with E-state index in [0.717, 1.165) is 60.0 Å². The highest BCUT2D eigenvalue weighted by Gasteiger charge is 2.38. The summed E-state index contributed by atoms with van der Waals surface area (Å²) in [4.78, 5) is 27.3. The fraction of sp³-hybridized carbons (Fsp3) is 0.360. The van der Waals surface area contributed by atoms with Crippen LogP contribution in [0.25, 0.3) is 11.1 Å². The van der Waals surface area contributed by atoms with Crippen LogP contribution >= 0.6 is 0 Å². The van der Waals surface area contributed by atoms with Crippen LogP contribution in [-0.2, 0) is 19.5 Å². The zero-order valence-corrected chi connectivity index (χ0v) is 17.5. The van der Waals surface area contributed by atoms with Crippen molar-refractivity contribution in [1.29, 1.82) is 0 Å². The molecule has 2 heterocycles. The van der Waals surface area contributed by atoms with Crippen molar-refractivity contribution in [3.8, 4) is 17.0 Å². The van der Waals surface area contributed by atoms with Crippen LogP contribution in [0.4, 0.5) is 0 Å². The van der Waals surface area contributed by atoms with Gasteiger partial charge in [0.05, 0.1) is 12.2 Å². The van der Waals surface area contributed by atoms with Gasteiger partial charge in [0, 0.05) is 24.7 Å². The number of aromatic nitrogens is 2. The van der Waals surface area contributed by atoms with Gasteiger partial charge in [-0.3, -0.25) is 13.9 Å². The second kappa shape index (κ2) is 6.61. The number of imidazole rings is 1. The minimum atomic E-state index is -0.162. The average Bonchev–Trinajstić information content (AvgIpc) is 3.36. The molecule has 1 unspecified atom stereocenters. The molecule has 3 aliphatic rings. The summed E-state index contributed by atoms with van der Waals surface area (Å²) in [7, 11) is 0. The Hall–Kier alpha value is -3.28. The molecule has 6 rings (SSSR count). The van der Waals surface area contributed by atoms with Gasteiger partial charge in [-0.2, -0.15) is 0 Å². The third-order valence-corrected chi connectivity index (χ3v) is 7.08. The molecule has 1 aromatic heterocycles. The van der Waals surface area contributed by atoms with Gasteiger partial charge in [-0.1, -0.05) is 24.3 Å². The van der Waals surface area contributed by atoms with Gasteiger partial charge in [-0.05, 0) is 72.6 Å². The number of benzene rings is 2. The lowest BCUT2D eigenvalue weighted by Crippen LogP contribution is -2.26. The molecule has 0 saturated heterocycles. The lowest BCUT2D eigenvalue weighted by atomic mass is 9.97. The molecule has 1 N–H and O–H groups in total. The highest BCUT2D eigenvalue weighted by molar-refractivity contribution is 5.99. The lowest BCUT2D eigenvalue weighted by Gasteiger charge is -2.13. The van der Waals surface area contributed by atoms with Gasteiger partial charge in [-0.25, -0.2) is 4.79 Å². The zero-order valence-electron chi connectivity index (χ0n) is 17.5. The molecule has 3 aromatic rings. The first-order valence-electron chi connectivity index (χ1n) is 11.1. The zero-order chi connectivity index (χ0) is 21.3. The number of aryl methyl sites for hydroxylation is 1. The maximum absolute atomic E-state index is 12.7. The van der Waals surface area contributed by atoms with Crippen LogP contribution in [0.2, 0.25) is 0 Å². The summed E-state index contributed by atoms with van der Waals surface area (Å²) < 4.78 is 3.06. The molecule has 1 aliphatic heterocycles. The Balaban J connectivity index is 1.32. The Morgan fingerprint density at radius 1 is 1.00 bits per heavy atom. The molecule has 1 atom stereocenters. The van der Waals surface area contributed by atoms with Crippen LogP contribution in [0, 0.1) is 0 Å². The van der Waals surface area contributed by atoms with Gasteiger partial charge in [-0.15, -0.1) is 0 Å². The van der Waals surface area contributed by atoms with E-state index in [1.165, 1.54) is 10.1 Å². The monoisotopic (exact) mass is 415 g/mol. The minimum Gasteiger partial charge on any atom is -0.493 e. The fourth-order valence-electron chi connectivity index (χ4n) is 5.27. The first-order valence-corrected chi connectivity index (χ1v) is 11.1.